The first-order valence-corrected chi connectivity index (χ1v) is 6.60. The highest BCUT2D eigenvalue weighted by molar-refractivity contribution is 5.39. The Bertz CT molecular complexity index is 386. The van der Waals surface area contributed by atoms with E-state index in [1.165, 1.54) is 12.8 Å². The maximum absolute atomic E-state index is 5.88. The van der Waals surface area contributed by atoms with Crippen LogP contribution < -0.4 is 14.8 Å². The minimum Gasteiger partial charge on any atom is -0.493 e. The minimum atomic E-state index is 0.128. The van der Waals surface area contributed by atoms with Crippen LogP contribution in [0.2, 0.25) is 0 Å². The molecule has 1 aliphatic carbocycles. The van der Waals surface area contributed by atoms with Gasteiger partial charge in [-0.2, -0.15) is 0 Å². The monoisotopic (exact) mass is 249 g/mol. The van der Waals surface area contributed by atoms with Crippen LogP contribution in [0.1, 0.15) is 26.7 Å². The van der Waals surface area contributed by atoms with Crippen LogP contribution in [0.3, 0.4) is 0 Å². The van der Waals surface area contributed by atoms with E-state index < -0.39 is 0 Å². The molecule has 0 aliphatic heterocycles. The summed E-state index contributed by atoms with van der Waals surface area (Å²) in [4.78, 5) is 0. The van der Waals surface area contributed by atoms with E-state index in [0.717, 1.165) is 24.1 Å². The van der Waals surface area contributed by atoms with E-state index in [1.807, 2.05) is 24.3 Å². The van der Waals surface area contributed by atoms with Gasteiger partial charge in [-0.3, -0.25) is 0 Å². The number of rotatable bonds is 7. The Kier molecular flexibility index (Phi) is 4.12. The van der Waals surface area contributed by atoms with Crippen LogP contribution in [0.5, 0.6) is 11.5 Å². The summed E-state index contributed by atoms with van der Waals surface area (Å²) in [7, 11) is 1.67. The molecule has 1 fully saturated rings. The van der Waals surface area contributed by atoms with E-state index >= 15 is 0 Å². The Morgan fingerprint density at radius 2 is 1.89 bits per heavy atom. The third kappa shape index (κ3) is 3.91. The summed E-state index contributed by atoms with van der Waals surface area (Å²) >= 11 is 0. The maximum atomic E-state index is 5.88. The van der Waals surface area contributed by atoms with Crippen molar-refractivity contribution in [2.75, 3.05) is 20.3 Å². The molecule has 3 nitrogen and oxygen atoms in total. The first kappa shape index (κ1) is 13.2. The van der Waals surface area contributed by atoms with Crippen LogP contribution in [-0.4, -0.2) is 26.3 Å². The van der Waals surface area contributed by atoms with E-state index in [1.54, 1.807) is 7.11 Å². The summed E-state index contributed by atoms with van der Waals surface area (Å²) in [6.45, 7) is 6.12. The lowest BCUT2D eigenvalue weighted by atomic mass is 9.95. The molecule has 0 bridgehead atoms. The lowest BCUT2D eigenvalue weighted by Crippen LogP contribution is -2.35. The average Bonchev–Trinajstić information content (AvgIpc) is 3.19. The first-order valence-electron chi connectivity index (χ1n) is 6.60. The number of hydrogen-bond acceptors (Lipinski definition) is 3. The molecule has 1 aliphatic rings. The quantitative estimate of drug-likeness (QED) is 0.806. The smallest absolute Gasteiger partial charge is 0.161 e. The summed E-state index contributed by atoms with van der Waals surface area (Å²) in [5, 5.41) is 3.55. The number of nitrogens with one attached hydrogen (secondary N) is 1. The van der Waals surface area contributed by atoms with Gasteiger partial charge in [0.15, 0.2) is 11.5 Å². The van der Waals surface area contributed by atoms with Crippen molar-refractivity contribution < 1.29 is 9.47 Å². The Labute approximate surface area is 109 Å². The Hall–Kier alpha value is -1.22. The summed E-state index contributed by atoms with van der Waals surface area (Å²) < 4.78 is 11.2. The van der Waals surface area contributed by atoms with Gasteiger partial charge in [0.25, 0.3) is 0 Å². The zero-order valence-corrected chi connectivity index (χ0v) is 11.5. The summed E-state index contributed by atoms with van der Waals surface area (Å²) in [6.07, 6.45) is 2.65. The van der Waals surface area contributed by atoms with Crippen molar-refractivity contribution in [1.29, 1.82) is 0 Å². The normalized spacial score (nSPS) is 15.5. The third-order valence-corrected chi connectivity index (χ3v) is 3.13. The first-order chi connectivity index (χ1) is 8.61. The molecule has 1 N–H and O–H groups in total. The number of ether oxygens (including phenoxy) is 2. The van der Waals surface area contributed by atoms with Crippen molar-refractivity contribution in [3.8, 4) is 11.5 Å². The van der Waals surface area contributed by atoms with Crippen molar-refractivity contribution >= 4 is 0 Å². The summed E-state index contributed by atoms with van der Waals surface area (Å²) in [6, 6.07) is 8.53. The second-order valence-corrected chi connectivity index (χ2v) is 5.76. The van der Waals surface area contributed by atoms with Crippen molar-refractivity contribution in [2.45, 2.75) is 32.7 Å². The van der Waals surface area contributed by atoms with Gasteiger partial charge in [0.1, 0.15) is 0 Å². The second-order valence-electron chi connectivity index (χ2n) is 5.76. The van der Waals surface area contributed by atoms with E-state index in [0.29, 0.717) is 6.61 Å². The molecule has 1 saturated carbocycles. The molecule has 1 aromatic rings. The van der Waals surface area contributed by atoms with Crippen molar-refractivity contribution in [3.05, 3.63) is 24.3 Å². The van der Waals surface area contributed by atoms with E-state index in [9.17, 15) is 0 Å². The molecule has 3 heteroatoms. The van der Waals surface area contributed by atoms with Crippen molar-refractivity contribution in [2.24, 2.45) is 5.41 Å². The van der Waals surface area contributed by atoms with Gasteiger partial charge in [-0.25, -0.2) is 0 Å². The van der Waals surface area contributed by atoms with Crippen molar-refractivity contribution in [1.82, 2.24) is 5.32 Å². The Morgan fingerprint density at radius 3 is 2.50 bits per heavy atom. The highest BCUT2D eigenvalue weighted by Gasteiger charge is 2.26. The molecule has 2 rings (SSSR count). The number of para-hydroxylation sites is 2. The lowest BCUT2D eigenvalue weighted by Gasteiger charge is -2.25. The van der Waals surface area contributed by atoms with Crippen molar-refractivity contribution in [3.63, 3.8) is 0 Å². The van der Waals surface area contributed by atoms with Crippen LogP contribution in [0.4, 0.5) is 0 Å². The molecule has 0 amide bonds. The van der Waals surface area contributed by atoms with Gasteiger partial charge >= 0.3 is 0 Å². The fraction of sp³-hybridized carbons (Fsp3) is 0.600. The molecule has 0 saturated heterocycles. The van der Waals surface area contributed by atoms with Crippen LogP contribution in [-0.2, 0) is 0 Å². The van der Waals surface area contributed by atoms with Crippen LogP contribution >= 0.6 is 0 Å². The predicted molar refractivity (Wildman–Crippen MR) is 73.3 cm³/mol. The number of methoxy groups -OCH3 is 1. The average molecular weight is 249 g/mol. The molecule has 18 heavy (non-hydrogen) atoms. The molecule has 1 aromatic carbocycles. The molecule has 100 valence electrons. The van der Waals surface area contributed by atoms with E-state index in [4.69, 9.17) is 9.47 Å². The molecule has 0 aromatic heterocycles. The number of benzene rings is 1. The van der Waals surface area contributed by atoms with Gasteiger partial charge in [0, 0.05) is 18.0 Å². The highest BCUT2D eigenvalue weighted by atomic mass is 16.5. The molecule has 0 atom stereocenters. The standard InChI is InChI=1S/C15H23NO2/c1-15(2,10-16-12-8-9-12)11-18-14-7-5-4-6-13(14)17-3/h4-7,12,16H,8-11H2,1-3H3. The zero-order valence-electron chi connectivity index (χ0n) is 11.5. The molecular weight excluding hydrogens is 226 g/mol. The second kappa shape index (κ2) is 5.61. The van der Waals surface area contributed by atoms with E-state index in [-0.39, 0.29) is 5.41 Å². The summed E-state index contributed by atoms with van der Waals surface area (Å²) in [5.74, 6) is 1.61. The number of hydrogen-bond donors (Lipinski definition) is 1. The highest BCUT2D eigenvalue weighted by Crippen LogP contribution is 2.28. The fourth-order valence-corrected chi connectivity index (χ4v) is 1.77. The maximum Gasteiger partial charge on any atom is 0.161 e. The predicted octanol–water partition coefficient (Wildman–Crippen LogP) is 2.85. The van der Waals surface area contributed by atoms with Crippen LogP contribution in [0.15, 0.2) is 24.3 Å². The lowest BCUT2D eigenvalue weighted by molar-refractivity contribution is 0.171. The minimum absolute atomic E-state index is 0.128. The third-order valence-electron chi connectivity index (χ3n) is 3.13. The Balaban J connectivity index is 1.84. The molecule has 0 unspecified atom stereocenters. The van der Waals surface area contributed by atoms with E-state index in [2.05, 4.69) is 19.2 Å². The van der Waals surface area contributed by atoms with Gasteiger partial charge in [0.05, 0.1) is 13.7 Å². The van der Waals surface area contributed by atoms with Gasteiger partial charge in [-0.05, 0) is 25.0 Å². The van der Waals surface area contributed by atoms with Gasteiger partial charge in [-0.15, -0.1) is 0 Å². The van der Waals surface area contributed by atoms with Gasteiger partial charge in [-0.1, -0.05) is 26.0 Å². The van der Waals surface area contributed by atoms with Crippen LogP contribution in [0, 0.1) is 5.41 Å². The van der Waals surface area contributed by atoms with Gasteiger partial charge < -0.3 is 14.8 Å². The van der Waals surface area contributed by atoms with Crippen LogP contribution in [0.25, 0.3) is 0 Å². The molecule has 0 spiro atoms. The summed E-state index contributed by atoms with van der Waals surface area (Å²) in [5.41, 5.74) is 0.128. The SMILES string of the molecule is COc1ccccc1OCC(C)(C)CNC1CC1. The largest absolute Gasteiger partial charge is 0.493 e. The molecular formula is C15H23NO2. The fourth-order valence-electron chi connectivity index (χ4n) is 1.77. The zero-order chi connectivity index (χ0) is 13.0. The Morgan fingerprint density at radius 1 is 1.22 bits per heavy atom. The molecule has 0 radical (unpaired) electrons. The molecule has 0 heterocycles. The topological polar surface area (TPSA) is 30.5 Å². The van der Waals surface area contributed by atoms with Gasteiger partial charge in [0.2, 0.25) is 0 Å².